The highest BCUT2D eigenvalue weighted by Gasteiger charge is 1.94. The number of hydrogen-bond acceptors (Lipinski definition) is 1. The summed E-state index contributed by atoms with van der Waals surface area (Å²) in [5, 5.41) is 7.83. The highest BCUT2D eigenvalue weighted by atomic mass is 16.4. The number of hydrogen-bond donors (Lipinski definition) is 1. The number of carboxylic acids is 1. The van der Waals surface area contributed by atoms with Gasteiger partial charge in [-0.05, 0) is 6.92 Å². The molecule has 0 aliphatic carbocycles. The van der Waals surface area contributed by atoms with Crippen LogP contribution >= 0.6 is 0 Å². The minimum absolute atomic E-state index is 0.891. The van der Waals surface area contributed by atoms with Crippen molar-refractivity contribution in [3.63, 3.8) is 0 Å². The molecule has 0 unspecified atom stereocenters. The Balaban J connectivity index is 0. The fourth-order valence-corrected chi connectivity index (χ4v) is 3.47. The molecule has 0 aromatic rings. The van der Waals surface area contributed by atoms with Crippen molar-refractivity contribution < 1.29 is 9.90 Å². The molecule has 0 bridgehead atoms. The molecule has 0 amide bonds. The fraction of sp³-hybridized carbons (Fsp3) is 0.885. The van der Waals surface area contributed by atoms with Crippen LogP contribution in [0.5, 0.6) is 0 Å². The Kier molecular flexibility index (Phi) is 29.9. The van der Waals surface area contributed by atoms with Crippen molar-refractivity contribution in [2.45, 2.75) is 149 Å². The van der Waals surface area contributed by atoms with E-state index in [2.05, 4.69) is 13.8 Å². The minimum Gasteiger partial charge on any atom is -0.478 e. The number of carboxylic acid groups (broad SMARTS) is 1. The molecule has 2 heteroatoms. The highest BCUT2D eigenvalue weighted by Crippen LogP contribution is 2.14. The van der Waals surface area contributed by atoms with E-state index in [1.807, 2.05) is 0 Å². The zero-order chi connectivity index (χ0) is 21.1. The number of carbonyl (C=O) groups is 1. The van der Waals surface area contributed by atoms with Crippen LogP contribution in [0, 0.1) is 0 Å². The van der Waals surface area contributed by atoms with E-state index in [4.69, 9.17) is 5.11 Å². The lowest BCUT2D eigenvalue weighted by molar-refractivity contribution is -0.131. The lowest BCUT2D eigenvalue weighted by Gasteiger charge is -2.03. The van der Waals surface area contributed by atoms with E-state index in [1.165, 1.54) is 134 Å². The summed E-state index contributed by atoms with van der Waals surface area (Å²) >= 11 is 0. The van der Waals surface area contributed by atoms with Crippen molar-refractivity contribution in [3.8, 4) is 0 Å². The fourth-order valence-electron chi connectivity index (χ4n) is 3.47. The number of aliphatic carboxylic acids is 1. The Morgan fingerprint density at radius 2 is 0.750 bits per heavy atom. The molecule has 0 rings (SSSR count). The molecule has 0 atom stereocenters. The first kappa shape index (κ1) is 29.4. The summed E-state index contributed by atoms with van der Waals surface area (Å²) in [6, 6.07) is 0. The van der Waals surface area contributed by atoms with E-state index in [0.29, 0.717) is 0 Å². The van der Waals surface area contributed by atoms with E-state index in [-0.39, 0.29) is 0 Å². The first-order valence-electron chi connectivity index (χ1n) is 12.5. The van der Waals surface area contributed by atoms with E-state index in [1.54, 1.807) is 6.92 Å². The van der Waals surface area contributed by atoms with Gasteiger partial charge in [-0.25, -0.2) is 4.79 Å². The van der Waals surface area contributed by atoms with Gasteiger partial charge < -0.3 is 5.11 Å². The topological polar surface area (TPSA) is 37.3 Å². The molecular formula is C26H52O2. The van der Waals surface area contributed by atoms with Crippen molar-refractivity contribution in [1.82, 2.24) is 0 Å². The molecule has 0 aromatic carbocycles. The Hall–Kier alpha value is -0.790. The SMILES string of the molecule is CC=CC(=O)O.CCCCCCCCCCCCCCCCCCCCCC. The van der Waals surface area contributed by atoms with Gasteiger partial charge in [0.1, 0.15) is 0 Å². The van der Waals surface area contributed by atoms with Gasteiger partial charge in [-0.2, -0.15) is 0 Å². The molecular weight excluding hydrogens is 344 g/mol. The van der Waals surface area contributed by atoms with Gasteiger partial charge in [-0.1, -0.05) is 148 Å². The molecule has 28 heavy (non-hydrogen) atoms. The Labute approximate surface area is 177 Å². The molecule has 0 spiro atoms. The molecule has 168 valence electrons. The molecule has 0 aliphatic heterocycles. The molecule has 0 aliphatic rings. The van der Waals surface area contributed by atoms with E-state index >= 15 is 0 Å². The second-order valence-electron chi connectivity index (χ2n) is 8.20. The van der Waals surface area contributed by atoms with Crippen molar-refractivity contribution in [1.29, 1.82) is 0 Å². The first-order valence-corrected chi connectivity index (χ1v) is 12.5. The summed E-state index contributed by atoms with van der Waals surface area (Å²) in [6.07, 6.45) is 32.0. The standard InChI is InChI=1S/C22H46.C4H6O2/c1-3-5-7-9-11-13-15-17-19-21-22-20-18-16-14-12-10-8-6-4-2;1-2-3-4(5)6/h3-22H2,1-2H3;2-3H,1H3,(H,5,6). The molecule has 0 saturated heterocycles. The second-order valence-corrected chi connectivity index (χ2v) is 8.20. The predicted molar refractivity (Wildman–Crippen MR) is 126 cm³/mol. The molecule has 0 heterocycles. The van der Waals surface area contributed by atoms with E-state index < -0.39 is 5.97 Å². The van der Waals surface area contributed by atoms with Gasteiger partial charge in [0.2, 0.25) is 0 Å². The van der Waals surface area contributed by atoms with Gasteiger partial charge in [0.05, 0.1) is 0 Å². The first-order chi connectivity index (χ1) is 13.7. The van der Waals surface area contributed by atoms with Crippen molar-refractivity contribution in [3.05, 3.63) is 12.2 Å². The molecule has 0 fully saturated rings. The second kappa shape index (κ2) is 28.4. The lowest BCUT2D eigenvalue weighted by Crippen LogP contribution is -1.84. The van der Waals surface area contributed by atoms with Crippen LogP contribution in [-0.2, 0) is 4.79 Å². The van der Waals surface area contributed by atoms with Crippen LogP contribution in [0.3, 0.4) is 0 Å². The normalized spacial score (nSPS) is 10.8. The summed E-state index contributed by atoms with van der Waals surface area (Å²) in [4.78, 5) is 9.51. The summed E-state index contributed by atoms with van der Waals surface area (Å²) in [5.41, 5.74) is 0. The van der Waals surface area contributed by atoms with Crippen LogP contribution in [0.4, 0.5) is 0 Å². The van der Waals surface area contributed by atoms with Gasteiger partial charge in [0.15, 0.2) is 0 Å². The summed E-state index contributed by atoms with van der Waals surface area (Å²) in [7, 11) is 0. The summed E-state index contributed by atoms with van der Waals surface area (Å²) in [6.45, 7) is 6.26. The number of rotatable bonds is 20. The van der Waals surface area contributed by atoms with Crippen LogP contribution < -0.4 is 0 Å². The van der Waals surface area contributed by atoms with Gasteiger partial charge >= 0.3 is 5.97 Å². The highest BCUT2D eigenvalue weighted by molar-refractivity contribution is 5.79. The van der Waals surface area contributed by atoms with Crippen molar-refractivity contribution in [2.24, 2.45) is 0 Å². The third-order valence-corrected chi connectivity index (χ3v) is 5.27. The van der Waals surface area contributed by atoms with Crippen molar-refractivity contribution >= 4 is 5.97 Å². The van der Waals surface area contributed by atoms with Crippen LogP contribution in [0.1, 0.15) is 149 Å². The maximum absolute atomic E-state index is 9.51. The average Bonchev–Trinajstić information content (AvgIpc) is 2.67. The number of allylic oxidation sites excluding steroid dienone is 1. The minimum atomic E-state index is -0.891. The van der Waals surface area contributed by atoms with Crippen LogP contribution in [0.15, 0.2) is 12.2 Å². The quantitative estimate of drug-likeness (QED) is 0.164. The van der Waals surface area contributed by atoms with Gasteiger partial charge in [0.25, 0.3) is 0 Å². The maximum Gasteiger partial charge on any atom is 0.327 e. The zero-order valence-electron chi connectivity index (χ0n) is 19.7. The van der Waals surface area contributed by atoms with Crippen molar-refractivity contribution in [2.75, 3.05) is 0 Å². The molecule has 0 radical (unpaired) electrons. The third-order valence-electron chi connectivity index (χ3n) is 5.27. The molecule has 0 aromatic heterocycles. The van der Waals surface area contributed by atoms with Gasteiger partial charge in [0, 0.05) is 6.08 Å². The zero-order valence-corrected chi connectivity index (χ0v) is 19.7. The van der Waals surface area contributed by atoms with Gasteiger partial charge in [-0.3, -0.25) is 0 Å². The van der Waals surface area contributed by atoms with E-state index in [0.717, 1.165) is 6.08 Å². The van der Waals surface area contributed by atoms with Crippen LogP contribution in [0.2, 0.25) is 0 Å². The average molecular weight is 397 g/mol. The van der Waals surface area contributed by atoms with Crippen LogP contribution in [-0.4, -0.2) is 11.1 Å². The van der Waals surface area contributed by atoms with Crippen LogP contribution in [0.25, 0.3) is 0 Å². The third kappa shape index (κ3) is 32.8. The maximum atomic E-state index is 9.51. The molecule has 1 N–H and O–H groups in total. The predicted octanol–water partition coefficient (Wildman–Crippen LogP) is 9.48. The summed E-state index contributed by atoms with van der Waals surface area (Å²) < 4.78 is 0. The van der Waals surface area contributed by atoms with Gasteiger partial charge in [-0.15, -0.1) is 0 Å². The smallest absolute Gasteiger partial charge is 0.327 e. The molecule has 2 nitrogen and oxygen atoms in total. The Bertz CT molecular complexity index is 290. The monoisotopic (exact) mass is 396 g/mol. The number of unbranched alkanes of at least 4 members (excludes halogenated alkanes) is 19. The Morgan fingerprint density at radius 1 is 0.536 bits per heavy atom. The summed E-state index contributed by atoms with van der Waals surface area (Å²) in [5.74, 6) is -0.891. The lowest BCUT2D eigenvalue weighted by atomic mass is 10.0. The molecule has 0 saturated carbocycles. The largest absolute Gasteiger partial charge is 0.478 e. The van der Waals surface area contributed by atoms with E-state index in [9.17, 15) is 4.79 Å². The Morgan fingerprint density at radius 3 is 0.857 bits per heavy atom.